The number of carbonyl (C=O) groups excluding carboxylic acids is 2. The average molecular weight is 595 g/mol. The van der Waals surface area contributed by atoms with E-state index in [4.69, 9.17) is 0 Å². The number of fused-ring (bicyclic) bond motifs is 4. The Labute approximate surface area is 243 Å². The van der Waals surface area contributed by atoms with E-state index in [1.165, 1.54) is 6.92 Å². The molecule has 0 unspecified atom stereocenters. The molecular formula is C32H39F5N2O3. The highest BCUT2D eigenvalue weighted by Crippen LogP contribution is 2.70. The van der Waals surface area contributed by atoms with Crippen molar-refractivity contribution in [1.29, 1.82) is 0 Å². The Morgan fingerprint density at radius 3 is 2.31 bits per heavy atom. The van der Waals surface area contributed by atoms with Gasteiger partial charge in [0.25, 0.3) is 0 Å². The molecule has 0 aliphatic heterocycles. The Hall–Kier alpha value is -2.75. The average Bonchev–Trinajstić information content (AvgIpc) is 3.17. The van der Waals surface area contributed by atoms with Crippen LogP contribution < -0.4 is 10.6 Å². The van der Waals surface area contributed by atoms with Crippen LogP contribution >= 0.6 is 0 Å². The van der Waals surface area contributed by atoms with E-state index in [0.29, 0.717) is 25.7 Å². The molecule has 3 N–H and O–H groups in total. The molecule has 230 valence electrons. The fourth-order valence-corrected chi connectivity index (χ4v) is 8.15. The lowest BCUT2D eigenvalue weighted by Crippen LogP contribution is -2.65. The van der Waals surface area contributed by atoms with Crippen molar-refractivity contribution in [3.05, 3.63) is 58.2 Å². The number of halogens is 5. The van der Waals surface area contributed by atoms with E-state index in [-0.39, 0.29) is 37.1 Å². The third kappa shape index (κ3) is 4.97. The van der Waals surface area contributed by atoms with Gasteiger partial charge < -0.3 is 15.7 Å². The minimum Gasteiger partial charge on any atom is -0.383 e. The van der Waals surface area contributed by atoms with E-state index in [9.17, 15) is 27.9 Å². The van der Waals surface area contributed by atoms with Gasteiger partial charge in [-0.3, -0.25) is 4.79 Å². The van der Waals surface area contributed by atoms with Crippen molar-refractivity contribution in [1.82, 2.24) is 10.6 Å². The number of benzene rings is 1. The molecule has 42 heavy (non-hydrogen) atoms. The molecule has 4 aliphatic carbocycles. The Morgan fingerprint density at radius 2 is 1.69 bits per heavy atom. The first kappa shape index (κ1) is 30.7. The Morgan fingerprint density at radius 1 is 1.02 bits per heavy atom. The fourth-order valence-electron chi connectivity index (χ4n) is 8.15. The molecule has 0 saturated heterocycles. The number of ketones is 1. The number of carbonyl (C=O) groups is 2. The SMILES string of the molecule is CC(C)(C)NC(=O)NCc1ccc([C@H]2C[C@@]3(C)[C@@H](CC[C@@]3(O)C(F)(F)C(F)(F)F)[C@@H]3CCC4=CC(=O)CCC4=C32)cc1. The summed E-state index contributed by atoms with van der Waals surface area (Å²) in [7, 11) is 0. The highest BCUT2D eigenvalue weighted by Gasteiger charge is 2.79. The number of rotatable bonds is 4. The van der Waals surface area contributed by atoms with Crippen molar-refractivity contribution in [2.75, 3.05) is 0 Å². The lowest BCUT2D eigenvalue weighted by Gasteiger charge is -2.56. The monoisotopic (exact) mass is 594 g/mol. The molecule has 4 aliphatic rings. The molecule has 1 aromatic rings. The highest BCUT2D eigenvalue weighted by atomic mass is 19.4. The summed E-state index contributed by atoms with van der Waals surface area (Å²) in [6.45, 7) is 7.26. The van der Waals surface area contributed by atoms with E-state index in [1.54, 1.807) is 6.08 Å². The molecule has 5 nitrogen and oxygen atoms in total. The lowest BCUT2D eigenvalue weighted by atomic mass is 9.50. The van der Waals surface area contributed by atoms with Gasteiger partial charge in [-0.15, -0.1) is 0 Å². The summed E-state index contributed by atoms with van der Waals surface area (Å²) in [5.41, 5.74) is -0.791. The van der Waals surface area contributed by atoms with Gasteiger partial charge in [0.2, 0.25) is 0 Å². The smallest absolute Gasteiger partial charge is 0.383 e. The zero-order valence-corrected chi connectivity index (χ0v) is 24.4. The zero-order chi connectivity index (χ0) is 30.9. The number of hydrogen-bond donors (Lipinski definition) is 3. The molecule has 0 spiro atoms. The van der Waals surface area contributed by atoms with Gasteiger partial charge in [-0.2, -0.15) is 22.0 Å². The van der Waals surface area contributed by atoms with Crippen LogP contribution in [0.2, 0.25) is 0 Å². The van der Waals surface area contributed by atoms with Crippen LogP contribution in [-0.2, 0) is 11.3 Å². The van der Waals surface area contributed by atoms with E-state index in [1.807, 2.05) is 45.0 Å². The molecule has 5 atom stereocenters. The largest absolute Gasteiger partial charge is 0.456 e. The number of alkyl halides is 5. The van der Waals surface area contributed by atoms with Gasteiger partial charge in [0, 0.05) is 29.8 Å². The van der Waals surface area contributed by atoms with Gasteiger partial charge in [-0.1, -0.05) is 36.8 Å². The van der Waals surface area contributed by atoms with Crippen molar-refractivity contribution in [3.8, 4) is 0 Å². The van der Waals surface area contributed by atoms with Gasteiger partial charge >= 0.3 is 18.1 Å². The van der Waals surface area contributed by atoms with Crippen LogP contribution in [0, 0.1) is 17.3 Å². The highest BCUT2D eigenvalue weighted by molar-refractivity contribution is 5.93. The van der Waals surface area contributed by atoms with Crippen molar-refractivity contribution in [2.45, 2.75) is 108 Å². The van der Waals surface area contributed by atoms with E-state index >= 15 is 8.78 Å². The van der Waals surface area contributed by atoms with Gasteiger partial charge in [0.05, 0.1) is 0 Å². The predicted molar refractivity (Wildman–Crippen MR) is 148 cm³/mol. The normalized spacial score (nSPS) is 31.6. The fraction of sp³-hybridized carbons (Fsp3) is 0.625. The Balaban J connectivity index is 1.53. The maximum absolute atomic E-state index is 15.1. The summed E-state index contributed by atoms with van der Waals surface area (Å²) in [6.07, 6.45) is -2.90. The molecule has 0 bridgehead atoms. The van der Waals surface area contributed by atoms with E-state index in [2.05, 4.69) is 10.6 Å². The molecule has 10 heteroatoms. The number of nitrogens with one attached hydrogen (secondary N) is 2. The molecule has 2 saturated carbocycles. The minimum absolute atomic E-state index is 0.0393. The van der Waals surface area contributed by atoms with E-state index in [0.717, 1.165) is 27.8 Å². The summed E-state index contributed by atoms with van der Waals surface area (Å²) in [6, 6.07) is 6.97. The first-order chi connectivity index (χ1) is 19.4. The first-order valence-corrected chi connectivity index (χ1v) is 14.7. The van der Waals surface area contributed by atoms with Crippen molar-refractivity contribution >= 4 is 11.8 Å². The van der Waals surface area contributed by atoms with Gasteiger partial charge in [0.1, 0.15) is 5.60 Å². The maximum atomic E-state index is 15.1. The number of urea groups is 1. The second-order valence-corrected chi connectivity index (χ2v) is 13.8. The Bertz CT molecular complexity index is 1330. The standard InChI is InChI=1S/C32H39F5N2O3/c1-28(2,3)39-27(41)38-17-18-5-7-19(8-6-18)24-16-29(4)25(13-14-30(29,42)31(33,34)32(35,36)37)23-11-9-20-15-21(40)10-12-22(20)26(23)24/h5-8,15,23-25,42H,9-14,16-17H2,1-4H3,(H2,38,39,41)/t23-,24+,25-,29-,30-/m0/s1. The molecule has 1 aromatic carbocycles. The van der Waals surface area contributed by atoms with Gasteiger partial charge in [0.15, 0.2) is 5.78 Å². The van der Waals surface area contributed by atoms with Crippen molar-refractivity contribution in [3.63, 3.8) is 0 Å². The van der Waals surface area contributed by atoms with E-state index < -0.39 is 46.9 Å². The molecule has 0 radical (unpaired) electrons. The molecular weight excluding hydrogens is 555 g/mol. The van der Waals surface area contributed by atoms with Crippen LogP contribution in [0.4, 0.5) is 26.7 Å². The summed E-state index contributed by atoms with van der Waals surface area (Å²) < 4.78 is 71.5. The zero-order valence-electron chi connectivity index (χ0n) is 24.4. The minimum atomic E-state index is -5.88. The predicted octanol–water partition coefficient (Wildman–Crippen LogP) is 7.11. The molecule has 0 aromatic heterocycles. The summed E-state index contributed by atoms with van der Waals surface area (Å²) in [5, 5.41) is 17.0. The quantitative estimate of drug-likeness (QED) is 0.325. The topological polar surface area (TPSA) is 78.4 Å². The van der Waals surface area contributed by atoms with Crippen molar-refractivity contribution in [2.24, 2.45) is 17.3 Å². The molecule has 0 heterocycles. The summed E-state index contributed by atoms with van der Waals surface area (Å²) >= 11 is 0. The maximum Gasteiger partial charge on any atom is 0.456 e. The van der Waals surface area contributed by atoms with Crippen LogP contribution in [0.25, 0.3) is 0 Å². The molecule has 2 amide bonds. The number of amides is 2. The summed E-state index contributed by atoms with van der Waals surface area (Å²) in [4.78, 5) is 24.4. The van der Waals surface area contributed by atoms with Gasteiger partial charge in [-0.25, -0.2) is 4.79 Å². The number of allylic oxidation sites excluding steroid dienone is 4. The second-order valence-electron chi connectivity index (χ2n) is 13.8. The van der Waals surface area contributed by atoms with Crippen LogP contribution in [0.15, 0.2) is 47.1 Å². The third-order valence-corrected chi connectivity index (χ3v) is 10.1. The van der Waals surface area contributed by atoms with Crippen molar-refractivity contribution < 1.29 is 36.6 Å². The Kier molecular flexibility index (Phi) is 7.43. The second kappa shape index (κ2) is 10.2. The first-order valence-electron chi connectivity index (χ1n) is 14.7. The van der Waals surface area contributed by atoms with Crippen LogP contribution in [-0.4, -0.2) is 40.2 Å². The van der Waals surface area contributed by atoms with Crippen LogP contribution in [0.5, 0.6) is 0 Å². The third-order valence-electron chi connectivity index (χ3n) is 10.1. The molecule has 2 fully saturated rings. The van der Waals surface area contributed by atoms with Crippen LogP contribution in [0.1, 0.15) is 89.7 Å². The summed E-state index contributed by atoms with van der Waals surface area (Å²) in [5.74, 6) is -6.53. The van der Waals surface area contributed by atoms with Crippen LogP contribution in [0.3, 0.4) is 0 Å². The molecule has 5 rings (SSSR count). The lowest BCUT2D eigenvalue weighted by molar-refractivity contribution is -0.362. The number of hydrogen-bond acceptors (Lipinski definition) is 3. The number of aliphatic hydroxyl groups is 1. The van der Waals surface area contributed by atoms with Gasteiger partial charge in [-0.05, 0) is 99.5 Å².